The zero-order valence-corrected chi connectivity index (χ0v) is 13.7. The van der Waals surface area contributed by atoms with Gasteiger partial charge in [0.05, 0.1) is 12.7 Å². The van der Waals surface area contributed by atoms with Crippen molar-refractivity contribution in [3.05, 3.63) is 64.7 Å². The Labute approximate surface area is 141 Å². The van der Waals surface area contributed by atoms with E-state index < -0.39 is 0 Å². The molecule has 120 valence electrons. The molecule has 1 heterocycles. The van der Waals surface area contributed by atoms with Crippen LogP contribution >= 0.6 is 11.6 Å². The summed E-state index contributed by atoms with van der Waals surface area (Å²) in [6, 6.07) is 14.6. The van der Waals surface area contributed by atoms with Gasteiger partial charge in [0.15, 0.2) is 0 Å². The van der Waals surface area contributed by atoms with E-state index in [0.29, 0.717) is 10.6 Å². The summed E-state index contributed by atoms with van der Waals surface area (Å²) >= 11 is 5.83. The molecule has 0 saturated carbocycles. The van der Waals surface area contributed by atoms with Crippen molar-refractivity contribution in [2.45, 2.75) is 6.10 Å². The van der Waals surface area contributed by atoms with Crippen LogP contribution in [-0.4, -0.2) is 37.6 Å². The second-order valence-electron chi connectivity index (χ2n) is 5.70. The first-order valence-electron chi connectivity index (χ1n) is 7.59. The lowest BCUT2D eigenvalue weighted by atomic mass is 10.1. The monoisotopic (exact) mass is 330 g/mol. The summed E-state index contributed by atoms with van der Waals surface area (Å²) in [5.74, 6) is -0.150. The van der Waals surface area contributed by atoms with Crippen LogP contribution < -0.4 is 5.32 Å². The summed E-state index contributed by atoms with van der Waals surface area (Å²) in [5, 5.41) is 3.50. The van der Waals surface area contributed by atoms with Crippen molar-refractivity contribution in [3.63, 3.8) is 0 Å². The number of hydrogen-bond donors (Lipinski definition) is 1. The van der Waals surface area contributed by atoms with Crippen LogP contribution in [0.3, 0.4) is 0 Å². The Morgan fingerprint density at radius 3 is 2.52 bits per heavy atom. The summed E-state index contributed by atoms with van der Waals surface area (Å²) in [6.45, 7) is 2.60. The number of hydrogen-bond acceptors (Lipinski definition) is 3. The number of benzene rings is 2. The molecule has 0 spiro atoms. The molecular weight excluding hydrogens is 312 g/mol. The molecule has 1 atom stereocenters. The fraction of sp³-hybridized carbons (Fsp3) is 0.278. The molecule has 0 radical (unpaired) electrons. The van der Waals surface area contributed by atoms with Gasteiger partial charge in [-0.1, -0.05) is 23.7 Å². The van der Waals surface area contributed by atoms with Gasteiger partial charge >= 0.3 is 0 Å². The van der Waals surface area contributed by atoms with E-state index in [4.69, 9.17) is 16.3 Å². The van der Waals surface area contributed by atoms with E-state index in [1.54, 1.807) is 24.3 Å². The van der Waals surface area contributed by atoms with Gasteiger partial charge in [-0.25, -0.2) is 0 Å². The summed E-state index contributed by atoms with van der Waals surface area (Å²) < 4.78 is 5.79. The normalized spacial score (nSPS) is 18.6. The standard InChI is InChI=1S/C18H19ClN2O2/c1-21-10-11-23-17(12-21)13-4-8-16(9-5-13)20-18(22)14-2-6-15(19)7-3-14/h2-9,17H,10-12H2,1H3,(H,20,22)/t17-/m1/s1. The van der Waals surface area contributed by atoms with Crippen LogP contribution in [0.15, 0.2) is 48.5 Å². The average Bonchev–Trinajstić information content (AvgIpc) is 2.56. The van der Waals surface area contributed by atoms with Crippen LogP contribution in [0.25, 0.3) is 0 Å². The van der Waals surface area contributed by atoms with Crippen molar-refractivity contribution in [1.82, 2.24) is 4.90 Å². The Hall–Kier alpha value is -1.88. The van der Waals surface area contributed by atoms with Gasteiger partial charge in [-0.2, -0.15) is 0 Å². The van der Waals surface area contributed by atoms with Crippen molar-refractivity contribution in [3.8, 4) is 0 Å². The summed E-state index contributed by atoms with van der Waals surface area (Å²) in [7, 11) is 2.09. The molecule has 1 N–H and O–H groups in total. The Morgan fingerprint density at radius 1 is 1.17 bits per heavy atom. The number of rotatable bonds is 3. The number of halogens is 1. The van der Waals surface area contributed by atoms with Crippen molar-refractivity contribution < 1.29 is 9.53 Å². The van der Waals surface area contributed by atoms with Crippen molar-refractivity contribution in [2.75, 3.05) is 32.1 Å². The number of carbonyl (C=O) groups is 1. The van der Waals surface area contributed by atoms with Gasteiger partial charge in [-0.05, 0) is 49.0 Å². The van der Waals surface area contributed by atoms with Crippen LogP contribution in [0.5, 0.6) is 0 Å². The van der Waals surface area contributed by atoms with Gasteiger partial charge in [0, 0.05) is 29.4 Å². The third-order valence-electron chi connectivity index (χ3n) is 3.92. The molecule has 0 aromatic heterocycles. The smallest absolute Gasteiger partial charge is 0.255 e. The van der Waals surface area contributed by atoms with E-state index in [9.17, 15) is 4.79 Å². The molecular formula is C18H19ClN2O2. The van der Waals surface area contributed by atoms with E-state index in [0.717, 1.165) is 30.9 Å². The van der Waals surface area contributed by atoms with Crippen molar-refractivity contribution in [1.29, 1.82) is 0 Å². The second kappa shape index (κ2) is 7.13. The second-order valence-corrected chi connectivity index (χ2v) is 6.14. The number of ether oxygens (including phenoxy) is 1. The van der Waals surface area contributed by atoms with Gasteiger partial charge in [-0.15, -0.1) is 0 Å². The van der Waals surface area contributed by atoms with Gasteiger partial charge in [0.25, 0.3) is 5.91 Å². The molecule has 1 amide bonds. The largest absolute Gasteiger partial charge is 0.371 e. The topological polar surface area (TPSA) is 41.6 Å². The maximum absolute atomic E-state index is 12.2. The molecule has 1 aliphatic rings. The highest BCUT2D eigenvalue weighted by Gasteiger charge is 2.19. The molecule has 1 fully saturated rings. The van der Waals surface area contributed by atoms with E-state index in [-0.39, 0.29) is 12.0 Å². The van der Waals surface area contributed by atoms with E-state index in [2.05, 4.69) is 17.3 Å². The molecule has 1 saturated heterocycles. The lowest BCUT2D eigenvalue weighted by molar-refractivity contribution is -0.0208. The highest BCUT2D eigenvalue weighted by atomic mass is 35.5. The highest BCUT2D eigenvalue weighted by molar-refractivity contribution is 6.30. The Bertz CT molecular complexity index is 670. The first-order chi connectivity index (χ1) is 11.1. The number of anilines is 1. The van der Waals surface area contributed by atoms with Gasteiger partial charge in [0.1, 0.15) is 0 Å². The molecule has 2 aromatic rings. The van der Waals surface area contributed by atoms with Crippen LogP contribution in [0, 0.1) is 0 Å². The van der Waals surface area contributed by atoms with Crippen molar-refractivity contribution >= 4 is 23.2 Å². The predicted molar refractivity (Wildman–Crippen MR) is 92.0 cm³/mol. The zero-order chi connectivity index (χ0) is 16.2. The van der Waals surface area contributed by atoms with E-state index >= 15 is 0 Å². The average molecular weight is 331 g/mol. The Kier molecular flexibility index (Phi) is 4.96. The predicted octanol–water partition coefficient (Wildman–Crippen LogP) is 3.60. The molecule has 5 heteroatoms. The summed E-state index contributed by atoms with van der Waals surface area (Å²) in [4.78, 5) is 14.4. The lowest BCUT2D eigenvalue weighted by Gasteiger charge is -2.30. The number of nitrogens with zero attached hydrogens (tertiary/aromatic N) is 1. The van der Waals surface area contributed by atoms with Crippen LogP contribution in [0.1, 0.15) is 22.0 Å². The molecule has 3 rings (SSSR count). The maximum Gasteiger partial charge on any atom is 0.255 e. The first-order valence-corrected chi connectivity index (χ1v) is 7.96. The van der Waals surface area contributed by atoms with Crippen molar-refractivity contribution in [2.24, 2.45) is 0 Å². The number of amides is 1. The van der Waals surface area contributed by atoms with Gasteiger partial charge in [0.2, 0.25) is 0 Å². The van der Waals surface area contributed by atoms with E-state index in [1.807, 2.05) is 24.3 Å². The lowest BCUT2D eigenvalue weighted by Crippen LogP contribution is -2.35. The number of morpholine rings is 1. The maximum atomic E-state index is 12.2. The Morgan fingerprint density at radius 2 is 1.87 bits per heavy atom. The number of nitrogens with one attached hydrogen (secondary N) is 1. The van der Waals surface area contributed by atoms with Gasteiger partial charge < -0.3 is 15.0 Å². The fourth-order valence-corrected chi connectivity index (χ4v) is 2.69. The molecule has 4 nitrogen and oxygen atoms in total. The number of likely N-dealkylation sites (N-methyl/N-ethyl adjacent to an activating group) is 1. The third kappa shape index (κ3) is 4.10. The Balaban J connectivity index is 1.65. The quantitative estimate of drug-likeness (QED) is 0.935. The van der Waals surface area contributed by atoms with Crippen LogP contribution in [0.2, 0.25) is 5.02 Å². The highest BCUT2D eigenvalue weighted by Crippen LogP contribution is 2.23. The summed E-state index contributed by atoms with van der Waals surface area (Å²) in [5.41, 5.74) is 2.47. The van der Waals surface area contributed by atoms with Crippen LogP contribution in [-0.2, 0) is 4.74 Å². The minimum Gasteiger partial charge on any atom is -0.371 e. The van der Waals surface area contributed by atoms with E-state index in [1.165, 1.54) is 0 Å². The van der Waals surface area contributed by atoms with Crippen LogP contribution in [0.4, 0.5) is 5.69 Å². The molecule has 0 bridgehead atoms. The molecule has 23 heavy (non-hydrogen) atoms. The fourth-order valence-electron chi connectivity index (χ4n) is 2.57. The minimum absolute atomic E-state index is 0.0924. The number of carbonyl (C=O) groups excluding carboxylic acids is 1. The summed E-state index contributed by atoms with van der Waals surface area (Å²) in [6.07, 6.45) is 0.0924. The van der Waals surface area contributed by atoms with Gasteiger partial charge in [-0.3, -0.25) is 4.79 Å². The molecule has 0 unspecified atom stereocenters. The minimum atomic E-state index is -0.150. The molecule has 2 aromatic carbocycles. The molecule has 0 aliphatic carbocycles. The first kappa shape index (κ1) is 16.0. The SMILES string of the molecule is CN1CCO[C@@H](c2ccc(NC(=O)c3ccc(Cl)cc3)cc2)C1. The molecule has 1 aliphatic heterocycles. The third-order valence-corrected chi connectivity index (χ3v) is 4.17. The zero-order valence-electron chi connectivity index (χ0n) is 13.0.